The van der Waals surface area contributed by atoms with E-state index < -0.39 is 10.0 Å². The van der Waals surface area contributed by atoms with Crippen molar-refractivity contribution in [2.75, 3.05) is 4.72 Å². The van der Waals surface area contributed by atoms with Crippen molar-refractivity contribution >= 4 is 31.6 Å². The highest BCUT2D eigenvalue weighted by Gasteiger charge is 2.17. The van der Waals surface area contributed by atoms with Crippen molar-refractivity contribution in [2.45, 2.75) is 25.7 Å². The fourth-order valence-electron chi connectivity index (χ4n) is 2.07. The van der Waals surface area contributed by atoms with Gasteiger partial charge in [0.05, 0.1) is 0 Å². The first kappa shape index (κ1) is 15.1. The monoisotopic (exact) mass is 353 g/mol. The largest absolute Gasteiger partial charge is 0.280 e. The van der Waals surface area contributed by atoms with Crippen LogP contribution in [0.5, 0.6) is 0 Å². The molecule has 20 heavy (non-hydrogen) atoms. The van der Waals surface area contributed by atoms with Crippen LogP contribution in [0, 0.1) is 20.8 Å². The second kappa shape index (κ2) is 5.58. The molecule has 0 saturated carbocycles. The minimum atomic E-state index is -3.59. The van der Waals surface area contributed by atoms with Gasteiger partial charge in [-0.3, -0.25) is 4.72 Å². The van der Waals surface area contributed by atoms with Crippen molar-refractivity contribution < 1.29 is 8.42 Å². The summed E-state index contributed by atoms with van der Waals surface area (Å²) in [5, 5.41) is 0. The van der Waals surface area contributed by atoms with E-state index in [9.17, 15) is 8.42 Å². The van der Waals surface area contributed by atoms with Gasteiger partial charge in [-0.25, -0.2) is 8.42 Å². The molecule has 0 aliphatic rings. The minimum Gasteiger partial charge on any atom is -0.280 e. The van der Waals surface area contributed by atoms with Crippen molar-refractivity contribution in [3.05, 3.63) is 57.6 Å². The van der Waals surface area contributed by atoms with E-state index >= 15 is 0 Å². The zero-order valence-corrected chi connectivity index (χ0v) is 14.0. The van der Waals surface area contributed by atoms with Gasteiger partial charge in [0.1, 0.15) is 4.90 Å². The third-order valence-electron chi connectivity index (χ3n) is 2.85. The predicted octanol–water partition coefficient (Wildman–Crippen LogP) is 4.18. The number of hydrogen-bond donors (Lipinski definition) is 1. The summed E-state index contributed by atoms with van der Waals surface area (Å²) in [6.45, 7) is 5.79. The van der Waals surface area contributed by atoms with Gasteiger partial charge in [0.2, 0.25) is 0 Å². The standard InChI is InChI=1S/C15H16BrNO2S/c1-10-4-5-15(14(16)9-10)20(18,19)17-13-7-11(2)6-12(3)8-13/h4-9,17H,1-3H3. The summed E-state index contributed by atoms with van der Waals surface area (Å²) in [5.41, 5.74) is 3.62. The van der Waals surface area contributed by atoms with Crippen molar-refractivity contribution in [3.63, 3.8) is 0 Å². The maximum atomic E-state index is 12.4. The molecule has 5 heteroatoms. The molecular formula is C15H16BrNO2S. The first-order valence-corrected chi connectivity index (χ1v) is 8.43. The maximum Gasteiger partial charge on any atom is 0.263 e. The molecule has 0 heterocycles. The van der Waals surface area contributed by atoms with Crippen LogP contribution in [0.4, 0.5) is 5.69 Å². The minimum absolute atomic E-state index is 0.238. The molecule has 2 aromatic rings. The second-order valence-corrected chi connectivity index (χ2v) is 7.42. The highest BCUT2D eigenvalue weighted by atomic mass is 79.9. The van der Waals surface area contributed by atoms with Crippen molar-refractivity contribution in [1.82, 2.24) is 0 Å². The fraction of sp³-hybridized carbons (Fsp3) is 0.200. The van der Waals surface area contributed by atoms with E-state index in [-0.39, 0.29) is 4.90 Å². The third-order valence-corrected chi connectivity index (χ3v) is 5.21. The number of sulfonamides is 1. The molecule has 2 aromatic carbocycles. The Hall–Kier alpha value is -1.33. The average molecular weight is 354 g/mol. The van der Waals surface area contributed by atoms with E-state index in [0.717, 1.165) is 16.7 Å². The van der Waals surface area contributed by atoms with Gasteiger partial charge in [0, 0.05) is 10.2 Å². The Morgan fingerprint density at radius 2 is 1.50 bits per heavy atom. The quantitative estimate of drug-likeness (QED) is 0.899. The number of halogens is 1. The molecule has 0 saturated heterocycles. The Kier molecular flexibility index (Phi) is 4.20. The predicted molar refractivity (Wildman–Crippen MR) is 85.6 cm³/mol. The molecule has 0 fully saturated rings. The number of rotatable bonds is 3. The Morgan fingerprint density at radius 1 is 0.900 bits per heavy atom. The van der Waals surface area contributed by atoms with Crippen molar-refractivity contribution in [3.8, 4) is 0 Å². The molecule has 0 aliphatic heterocycles. The molecule has 0 bridgehead atoms. The summed E-state index contributed by atoms with van der Waals surface area (Å²) >= 11 is 3.31. The molecule has 1 N–H and O–H groups in total. The van der Waals surface area contributed by atoms with Gasteiger partial charge in [0.25, 0.3) is 10.0 Å². The molecule has 0 spiro atoms. The molecule has 106 valence electrons. The van der Waals surface area contributed by atoms with Gasteiger partial charge in [-0.1, -0.05) is 12.1 Å². The lowest BCUT2D eigenvalue weighted by atomic mass is 10.1. The van der Waals surface area contributed by atoms with E-state index in [1.165, 1.54) is 0 Å². The molecule has 3 nitrogen and oxygen atoms in total. The van der Waals surface area contributed by atoms with Crippen LogP contribution in [-0.4, -0.2) is 8.42 Å². The summed E-state index contributed by atoms with van der Waals surface area (Å²) in [6, 6.07) is 10.8. The summed E-state index contributed by atoms with van der Waals surface area (Å²) < 4.78 is 28.0. The topological polar surface area (TPSA) is 46.2 Å². The van der Waals surface area contributed by atoms with E-state index in [4.69, 9.17) is 0 Å². The van der Waals surface area contributed by atoms with E-state index in [0.29, 0.717) is 10.2 Å². The molecule has 0 amide bonds. The van der Waals surface area contributed by atoms with E-state index in [1.807, 2.05) is 39.0 Å². The highest BCUT2D eigenvalue weighted by Crippen LogP contribution is 2.25. The first-order valence-electron chi connectivity index (χ1n) is 6.15. The summed E-state index contributed by atoms with van der Waals surface area (Å²) in [5.74, 6) is 0. The van der Waals surface area contributed by atoms with Crippen LogP contribution in [0.1, 0.15) is 16.7 Å². The smallest absolute Gasteiger partial charge is 0.263 e. The lowest BCUT2D eigenvalue weighted by Crippen LogP contribution is -2.13. The van der Waals surface area contributed by atoms with Crippen LogP contribution < -0.4 is 4.72 Å². The Bertz CT molecular complexity index is 734. The Labute approximate surface area is 128 Å². The van der Waals surface area contributed by atoms with Crippen LogP contribution in [0.15, 0.2) is 45.8 Å². The van der Waals surface area contributed by atoms with E-state index in [1.54, 1.807) is 18.2 Å². The fourth-order valence-corrected chi connectivity index (χ4v) is 4.30. The maximum absolute atomic E-state index is 12.4. The van der Waals surface area contributed by atoms with Gasteiger partial charge in [-0.2, -0.15) is 0 Å². The number of anilines is 1. The van der Waals surface area contributed by atoms with Crippen LogP contribution in [0.25, 0.3) is 0 Å². The Morgan fingerprint density at radius 3 is 2.05 bits per heavy atom. The molecule has 0 aliphatic carbocycles. The van der Waals surface area contributed by atoms with Crippen LogP contribution in [0.2, 0.25) is 0 Å². The number of aryl methyl sites for hydroxylation is 3. The lowest BCUT2D eigenvalue weighted by molar-refractivity contribution is 0.600. The summed E-state index contributed by atoms with van der Waals surface area (Å²) in [4.78, 5) is 0.238. The first-order chi connectivity index (χ1) is 9.28. The van der Waals surface area contributed by atoms with E-state index in [2.05, 4.69) is 20.7 Å². The summed E-state index contributed by atoms with van der Waals surface area (Å²) in [7, 11) is -3.59. The van der Waals surface area contributed by atoms with Gasteiger partial charge < -0.3 is 0 Å². The second-order valence-electron chi connectivity index (χ2n) is 4.92. The van der Waals surface area contributed by atoms with Crippen molar-refractivity contribution in [2.24, 2.45) is 0 Å². The van der Waals surface area contributed by atoms with Gasteiger partial charge in [-0.15, -0.1) is 0 Å². The van der Waals surface area contributed by atoms with Gasteiger partial charge in [0.15, 0.2) is 0 Å². The van der Waals surface area contributed by atoms with Crippen molar-refractivity contribution in [1.29, 1.82) is 0 Å². The molecule has 0 unspecified atom stereocenters. The lowest BCUT2D eigenvalue weighted by Gasteiger charge is -2.11. The number of benzene rings is 2. The molecule has 2 rings (SSSR count). The number of nitrogens with one attached hydrogen (secondary N) is 1. The molecular weight excluding hydrogens is 338 g/mol. The van der Waals surface area contributed by atoms with Crippen LogP contribution in [-0.2, 0) is 10.0 Å². The molecule has 0 atom stereocenters. The van der Waals surface area contributed by atoms with Crippen LogP contribution in [0.3, 0.4) is 0 Å². The molecule has 0 radical (unpaired) electrons. The number of hydrogen-bond acceptors (Lipinski definition) is 2. The summed E-state index contributed by atoms with van der Waals surface area (Å²) in [6.07, 6.45) is 0. The average Bonchev–Trinajstić information content (AvgIpc) is 2.25. The normalized spacial score (nSPS) is 11.4. The molecule has 0 aromatic heterocycles. The third kappa shape index (κ3) is 3.41. The SMILES string of the molecule is Cc1cc(C)cc(NS(=O)(=O)c2ccc(C)cc2Br)c1. The Balaban J connectivity index is 2.40. The zero-order valence-electron chi connectivity index (χ0n) is 11.6. The van der Waals surface area contributed by atoms with Gasteiger partial charge >= 0.3 is 0 Å². The van der Waals surface area contributed by atoms with Gasteiger partial charge in [-0.05, 0) is 77.7 Å². The van der Waals surface area contributed by atoms with Crippen LogP contribution >= 0.6 is 15.9 Å². The zero-order chi connectivity index (χ0) is 14.9. The highest BCUT2D eigenvalue weighted by molar-refractivity contribution is 9.10.